The Hall–Kier alpha value is 0.294. The summed E-state index contributed by atoms with van der Waals surface area (Å²) in [7, 11) is 0. The van der Waals surface area contributed by atoms with Crippen LogP contribution >= 0.6 is 31.4 Å². The summed E-state index contributed by atoms with van der Waals surface area (Å²) in [6, 6.07) is 10.8. The molecular weight excluding hydrogens is 306 g/mol. The maximum atomic E-state index is 4.41. The summed E-state index contributed by atoms with van der Waals surface area (Å²) >= 11 is -1.12. The van der Waals surface area contributed by atoms with Crippen molar-refractivity contribution in [3.8, 4) is 0 Å². The van der Waals surface area contributed by atoms with Gasteiger partial charge in [-0.2, -0.15) is 0 Å². The first-order valence-electron chi connectivity index (χ1n) is 5.19. The molecule has 0 amide bonds. The normalized spacial score (nSPS) is 13.1. The van der Waals surface area contributed by atoms with Crippen molar-refractivity contribution in [2.45, 2.75) is 12.6 Å². The number of rotatable bonds is 4. The molecule has 0 N–H and O–H groups in total. The second-order valence-electron chi connectivity index (χ2n) is 3.64. The van der Waals surface area contributed by atoms with Crippen molar-refractivity contribution >= 4 is 36.2 Å². The zero-order valence-electron chi connectivity index (χ0n) is 9.56. The quantitative estimate of drug-likeness (QED) is 0.565. The predicted octanol–water partition coefficient (Wildman–Crippen LogP) is 4.52. The molecule has 0 fully saturated rings. The van der Waals surface area contributed by atoms with E-state index in [0.29, 0.717) is 0 Å². The van der Waals surface area contributed by atoms with E-state index in [1.54, 1.807) is 3.88 Å². The van der Waals surface area contributed by atoms with E-state index in [9.17, 15) is 0 Å². The van der Waals surface area contributed by atoms with Crippen molar-refractivity contribution in [1.82, 2.24) is 0 Å². The number of allylic oxidation sites excluding steroid dienone is 4. The van der Waals surface area contributed by atoms with E-state index < -0.39 is 16.9 Å². The maximum absolute atomic E-state index is 4.41. The number of hydrogen-bond donors (Lipinski definition) is 0. The van der Waals surface area contributed by atoms with Crippen molar-refractivity contribution in [3.63, 3.8) is 0 Å². The molecule has 0 aromatic heterocycles. The fourth-order valence-corrected chi connectivity index (χ4v) is 7.29. The molecule has 1 aromatic carbocycles. The van der Waals surface area contributed by atoms with E-state index in [1.165, 1.54) is 18.1 Å². The van der Waals surface area contributed by atoms with Gasteiger partial charge in [0.05, 0.1) is 0 Å². The second kappa shape index (κ2) is 9.25. The number of benzene rings is 1. The SMILES string of the molecule is Cl.Cl.[CH2]=[Ti]([PH]Cc1ccccc1)[C]1=CC=CC1. The van der Waals surface area contributed by atoms with Crippen molar-refractivity contribution < 1.29 is 16.9 Å². The van der Waals surface area contributed by atoms with Crippen LogP contribution in [0.2, 0.25) is 0 Å². The van der Waals surface area contributed by atoms with E-state index in [4.69, 9.17) is 0 Å². The first-order chi connectivity index (χ1) is 7.36. The van der Waals surface area contributed by atoms with Gasteiger partial charge in [0.15, 0.2) is 0 Å². The first-order valence-corrected chi connectivity index (χ1v) is 10.6. The van der Waals surface area contributed by atoms with E-state index >= 15 is 0 Å². The van der Waals surface area contributed by atoms with Gasteiger partial charge in [-0.3, -0.25) is 0 Å². The Labute approximate surface area is 123 Å². The zero-order valence-corrected chi connectivity index (χ0v) is 13.8. The van der Waals surface area contributed by atoms with E-state index in [1.807, 2.05) is 0 Å². The van der Waals surface area contributed by atoms with Gasteiger partial charge in [-0.05, 0) is 0 Å². The van der Waals surface area contributed by atoms with E-state index in [0.717, 1.165) is 6.57 Å². The van der Waals surface area contributed by atoms with Crippen molar-refractivity contribution in [2.75, 3.05) is 0 Å². The topological polar surface area (TPSA) is 0 Å². The molecule has 1 aromatic rings. The van der Waals surface area contributed by atoms with Crippen LogP contribution in [0.5, 0.6) is 0 Å². The Morgan fingerprint density at radius 1 is 1.18 bits per heavy atom. The van der Waals surface area contributed by atoms with E-state index in [-0.39, 0.29) is 24.8 Å². The minimum absolute atomic E-state index is 0. The number of hydrogen-bond acceptors (Lipinski definition) is 0. The average Bonchev–Trinajstić information content (AvgIpc) is 2.81. The van der Waals surface area contributed by atoms with E-state index in [2.05, 4.69) is 53.4 Å². The van der Waals surface area contributed by atoms with Crippen LogP contribution in [-0.4, -0.2) is 4.82 Å². The van der Waals surface area contributed by atoms with Gasteiger partial charge in [0.2, 0.25) is 0 Å². The fourth-order valence-electron chi connectivity index (χ4n) is 1.59. The fraction of sp³-hybridized carbons (Fsp3) is 0.154. The Morgan fingerprint density at radius 3 is 2.47 bits per heavy atom. The summed E-state index contributed by atoms with van der Waals surface area (Å²) in [5.41, 5.74) is 1.47. The molecule has 1 aliphatic carbocycles. The Balaban J connectivity index is 0.00000128. The summed E-state index contributed by atoms with van der Waals surface area (Å²) in [5.74, 6) is 0. The molecule has 0 saturated heterocycles. The van der Waals surface area contributed by atoms with Crippen LogP contribution in [0.15, 0.2) is 52.4 Å². The Bertz CT molecular complexity index is 413. The molecule has 0 bridgehead atoms. The van der Waals surface area contributed by atoms with Crippen LogP contribution in [0.3, 0.4) is 0 Å². The molecule has 0 radical (unpaired) electrons. The van der Waals surface area contributed by atoms with Crippen molar-refractivity contribution in [1.29, 1.82) is 0 Å². The van der Waals surface area contributed by atoms with Crippen LogP contribution in [0.4, 0.5) is 0 Å². The average molecular weight is 323 g/mol. The van der Waals surface area contributed by atoms with Gasteiger partial charge in [-0.15, -0.1) is 24.8 Å². The zero-order chi connectivity index (χ0) is 10.5. The molecule has 2 rings (SSSR count). The molecule has 1 unspecified atom stereocenters. The Morgan fingerprint density at radius 2 is 1.88 bits per heavy atom. The van der Waals surface area contributed by atoms with Gasteiger partial charge in [0, 0.05) is 0 Å². The van der Waals surface area contributed by atoms with Gasteiger partial charge in [-0.1, -0.05) is 0 Å². The van der Waals surface area contributed by atoms with Crippen LogP contribution in [0, 0.1) is 0 Å². The van der Waals surface area contributed by atoms with Gasteiger partial charge < -0.3 is 0 Å². The molecule has 4 heteroatoms. The van der Waals surface area contributed by atoms with Crippen LogP contribution in [-0.2, 0) is 23.1 Å². The molecule has 0 aliphatic heterocycles. The van der Waals surface area contributed by atoms with Crippen LogP contribution in [0.25, 0.3) is 0 Å². The third kappa shape index (κ3) is 5.64. The molecule has 0 heterocycles. The summed E-state index contributed by atoms with van der Waals surface area (Å²) in [6.45, 7) is 1.06. The summed E-state index contributed by atoms with van der Waals surface area (Å²) in [4.78, 5) is 4.41. The molecule has 17 heavy (non-hydrogen) atoms. The van der Waals surface area contributed by atoms with Gasteiger partial charge >= 0.3 is 98.9 Å². The minimum atomic E-state index is -1.12. The standard InChI is InChI=1S/C7H8P.C5H5.CH2.2ClH.Ti/c8-6-7-4-2-1-3-5-7;1-2-4-5-3-1;;;;/h1-5,8H,6H2;1-3H,4H2;1H2;2*1H;/q-1;;;;;+1. The van der Waals surface area contributed by atoms with Gasteiger partial charge in [0.1, 0.15) is 0 Å². The Kier molecular flexibility index (Phi) is 9.41. The molecule has 1 atom stereocenters. The van der Waals surface area contributed by atoms with Gasteiger partial charge in [0.25, 0.3) is 0 Å². The molecular formula is C13H17Cl2PTi. The molecule has 92 valence electrons. The summed E-state index contributed by atoms with van der Waals surface area (Å²) in [6.07, 6.45) is 9.14. The summed E-state index contributed by atoms with van der Waals surface area (Å²) < 4.78 is 1.66. The van der Waals surface area contributed by atoms with Crippen LogP contribution in [0.1, 0.15) is 12.0 Å². The van der Waals surface area contributed by atoms with Crippen molar-refractivity contribution in [3.05, 3.63) is 58.0 Å². The first kappa shape index (κ1) is 17.3. The third-order valence-corrected chi connectivity index (χ3v) is 9.46. The molecule has 0 nitrogen and oxygen atoms in total. The van der Waals surface area contributed by atoms with Gasteiger partial charge in [-0.25, -0.2) is 0 Å². The van der Waals surface area contributed by atoms with Crippen molar-refractivity contribution in [2.24, 2.45) is 0 Å². The van der Waals surface area contributed by atoms with Crippen LogP contribution < -0.4 is 0 Å². The second-order valence-corrected chi connectivity index (χ2v) is 11.0. The summed E-state index contributed by atoms with van der Waals surface area (Å²) in [5, 5.41) is 0. The molecule has 1 aliphatic rings. The number of halogens is 2. The molecule has 0 spiro atoms. The predicted molar refractivity (Wildman–Crippen MR) is 81.9 cm³/mol. The molecule has 0 saturated carbocycles. The monoisotopic (exact) mass is 322 g/mol. The third-order valence-electron chi connectivity index (χ3n) is 2.51.